The van der Waals surface area contributed by atoms with Crippen molar-refractivity contribution in [1.82, 2.24) is 10.6 Å². The van der Waals surface area contributed by atoms with Crippen LogP contribution in [0.15, 0.2) is 28.7 Å². The molecule has 0 spiro atoms. The fourth-order valence-corrected chi connectivity index (χ4v) is 1.58. The first-order valence-corrected chi connectivity index (χ1v) is 6.27. The molecule has 0 radical (unpaired) electrons. The van der Waals surface area contributed by atoms with Gasteiger partial charge in [0.2, 0.25) is 5.91 Å². The van der Waals surface area contributed by atoms with Crippen molar-refractivity contribution in [3.8, 4) is 5.75 Å². The normalized spacial score (nSPS) is 9.67. The Bertz CT molecular complexity index is 424. The maximum Gasteiger partial charge on any atom is 0.258 e. The molecule has 0 aromatic heterocycles. The van der Waals surface area contributed by atoms with E-state index in [9.17, 15) is 9.59 Å². The zero-order valence-electron chi connectivity index (χ0n) is 10.0. The van der Waals surface area contributed by atoms with Crippen LogP contribution in [0.2, 0.25) is 0 Å². The lowest BCUT2D eigenvalue weighted by Crippen LogP contribution is -2.36. The van der Waals surface area contributed by atoms with Crippen molar-refractivity contribution < 1.29 is 14.3 Å². The van der Waals surface area contributed by atoms with Gasteiger partial charge < -0.3 is 15.4 Å². The number of halogens is 1. The molecule has 0 saturated heterocycles. The second kappa shape index (κ2) is 7.71. The third-order valence-electron chi connectivity index (χ3n) is 1.99. The van der Waals surface area contributed by atoms with Gasteiger partial charge in [0.1, 0.15) is 5.75 Å². The van der Waals surface area contributed by atoms with E-state index < -0.39 is 0 Å². The molecule has 0 aliphatic rings. The highest BCUT2D eigenvalue weighted by atomic mass is 79.9. The van der Waals surface area contributed by atoms with Gasteiger partial charge in [0, 0.05) is 24.5 Å². The van der Waals surface area contributed by atoms with Crippen LogP contribution in [0.25, 0.3) is 0 Å². The minimum Gasteiger partial charge on any atom is -0.484 e. The average molecular weight is 315 g/mol. The lowest BCUT2D eigenvalue weighted by atomic mass is 10.3. The van der Waals surface area contributed by atoms with Crippen LogP contribution in [-0.4, -0.2) is 31.5 Å². The third kappa shape index (κ3) is 6.24. The van der Waals surface area contributed by atoms with Gasteiger partial charge in [-0.1, -0.05) is 22.0 Å². The Morgan fingerprint density at radius 3 is 2.67 bits per heavy atom. The Hall–Kier alpha value is -1.56. The van der Waals surface area contributed by atoms with Gasteiger partial charge in [-0.2, -0.15) is 0 Å². The summed E-state index contributed by atoms with van der Waals surface area (Å²) in [6.07, 6.45) is 0. The van der Waals surface area contributed by atoms with E-state index in [2.05, 4.69) is 26.6 Å². The molecule has 0 saturated carbocycles. The molecule has 18 heavy (non-hydrogen) atoms. The topological polar surface area (TPSA) is 67.4 Å². The Morgan fingerprint density at radius 1 is 1.28 bits per heavy atom. The summed E-state index contributed by atoms with van der Waals surface area (Å²) < 4.78 is 6.19. The van der Waals surface area contributed by atoms with E-state index in [1.54, 1.807) is 12.1 Å². The minimum atomic E-state index is -0.222. The summed E-state index contributed by atoms with van der Waals surface area (Å²) in [6, 6.07) is 7.26. The van der Waals surface area contributed by atoms with Crippen LogP contribution in [0.3, 0.4) is 0 Å². The molecular weight excluding hydrogens is 300 g/mol. The molecule has 1 rings (SSSR count). The van der Waals surface area contributed by atoms with E-state index in [1.807, 2.05) is 12.1 Å². The molecule has 0 fully saturated rings. The summed E-state index contributed by atoms with van der Waals surface area (Å²) in [5.41, 5.74) is 0. The third-order valence-corrected chi connectivity index (χ3v) is 2.48. The van der Waals surface area contributed by atoms with Crippen molar-refractivity contribution in [2.75, 3.05) is 19.7 Å². The molecule has 0 aliphatic heterocycles. The second-order valence-electron chi connectivity index (χ2n) is 3.58. The predicted octanol–water partition coefficient (Wildman–Crippen LogP) is 1.08. The van der Waals surface area contributed by atoms with Crippen LogP contribution in [0.4, 0.5) is 0 Å². The molecule has 6 heteroatoms. The smallest absolute Gasteiger partial charge is 0.258 e. The molecule has 0 unspecified atom stereocenters. The summed E-state index contributed by atoms with van der Waals surface area (Å²) in [4.78, 5) is 22.0. The van der Waals surface area contributed by atoms with Crippen LogP contribution in [0, 0.1) is 0 Å². The number of ether oxygens (including phenoxy) is 1. The number of hydrogen-bond acceptors (Lipinski definition) is 3. The number of carbonyl (C=O) groups is 2. The highest BCUT2D eigenvalue weighted by molar-refractivity contribution is 9.10. The SMILES string of the molecule is CC(=O)NCCNC(=O)COc1cccc(Br)c1. The number of hydrogen-bond donors (Lipinski definition) is 2. The van der Waals surface area contributed by atoms with Crippen molar-refractivity contribution in [3.63, 3.8) is 0 Å². The van der Waals surface area contributed by atoms with Crippen molar-refractivity contribution in [2.24, 2.45) is 0 Å². The van der Waals surface area contributed by atoms with Crippen molar-refractivity contribution in [3.05, 3.63) is 28.7 Å². The van der Waals surface area contributed by atoms with E-state index in [-0.39, 0.29) is 18.4 Å². The van der Waals surface area contributed by atoms with Crippen LogP contribution in [0.1, 0.15) is 6.92 Å². The van der Waals surface area contributed by atoms with Crippen molar-refractivity contribution in [1.29, 1.82) is 0 Å². The number of nitrogens with one attached hydrogen (secondary N) is 2. The molecule has 1 aromatic rings. The Kier molecular flexibility index (Phi) is 6.21. The van der Waals surface area contributed by atoms with Gasteiger partial charge in [0.15, 0.2) is 6.61 Å². The summed E-state index contributed by atoms with van der Waals surface area (Å²) in [7, 11) is 0. The monoisotopic (exact) mass is 314 g/mol. The molecule has 5 nitrogen and oxygen atoms in total. The summed E-state index contributed by atoms with van der Waals surface area (Å²) in [5, 5.41) is 5.21. The van der Waals surface area contributed by atoms with Crippen LogP contribution < -0.4 is 15.4 Å². The summed E-state index contributed by atoms with van der Waals surface area (Å²) >= 11 is 3.31. The van der Waals surface area contributed by atoms with Crippen molar-refractivity contribution >= 4 is 27.7 Å². The molecule has 98 valence electrons. The minimum absolute atomic E-state index is 0.0451. The van der Waals surface area contributed by atoms with Gasteiger partial charge in [-0.25, -0.2) is 0 Å². The average Bonchev–Trinajstić information content (AvgIpc) is 2.32. The highest BCUT2D eigenvalue weighted by Gasteiger charge is 2.02. The maximum atomic E-state index is 11.4. The van der Waals surface area contributed by atoms with Gasteiger partial charge in [-0.15, -0.1) is 0 Å². The molecule has 2 amide bonds. The second-order valence-corrected chi connectivity index (χ2v) is 4.49. The zero-order chi connectivity index (χ0) is 13.4. The molecule has 0 heterocycles. The van der Waals surface area contributed by atoms with Crippen LogP contribution >= 0.6 is 15.9 Å². The maximum absolute atomic E-state index is 11.4. The van der Waals surface area contributed by atoms with Gasteiger partial charge in [-0.05, 0) is 18.2 Å². The predicted molar refractivity (Wildman–Crippen MR) is 71.3 cm³/mol. The largest absolute Gasteiger partial charge is 0.484 e. The molecule has 0 atom stereocenters. The Labute approximate surface area is 114 Å². The Morgan fingerprint density at radius 2 is 2.00 bits per heavy atom. The van der Waals surface area contributed by atoms with E-state index in [4.69, 9.17) is 4.74 Å². The van der Waals surface area contributed by atoms with E-state index in [0.717, 1.165) is 4.47 Å². The van der Waals surface area contributed by atoms with Gasteiger partial charge in [0.05, 0.1) is 0 Å². The first-order chi connectivity index (χ1) is 8.58. The quantitative estimate of drug-likeness (QED) is 0.772. The molecule has 0 aliphatic carbocycles. The van der Waals surface area contributed by atoms with Gasteiger partial charge >= 0.3 is 0 Å². The molecule has 0 bridgehead atoms. The van der Waals surface area contributed by atoms with E-state index in [0.29, 0.717) is 18.8 Å². The van der Waals surface area contributed by atoms with Gasteiger partial charge in [-0.3, -0.25) is 9.59 Å². The van der Waals surface area contributed by atoms with Crippen LogP contribution in [0.5, 0.6) is 5.75 Å². The van der Waals surface area contributed by atoms with Gasteiger partial charge in [0.25, 0.3) is 5.91 Å². The first kappa shape index (κ1) is 14.5. The lowest BCUT2D eigenvalue weighted by molar-refractivity contribution is -0.123. The Balaban J connectivity index is 2.19. The summed E-state index contributed by atoms with van der Waals surface area (Å²) in [5.74, 6) is 0.288. The number of carbonyl (C=O) groups excluding carboxylic acids is 2. The van der Waals surface area contributed by atoms with E-state index in [1.165, 1.54) is 6.92 Å². The zero-order valence-corrected chi connectivity index (χ0v) is 11.6. The highest BCUT2D eigenvalue weighted by Crippen LogP contribution is 2.17. The molecule has 2 N–H and O–H groups in total. The standard InChI is InChI=1S/C12H15BrN2O3/c1-9(16)14-5-6-15-12(17)8-18-11-4-2-3-10(13)7-11/h2-4,7H,5-6,8H2,1H3,(H,14,16)(H,15,17). The first-order valence-electron chi connectivity index (χ1n) is 5.47. The number of amides is 2. The number of rotatable bonds is 6. The molecule has 1 aromatic carbocycles. The van der Waals surface area contributed by atoms with Crippen molar-refractivity contribution in [2.45, 2.75) is 6.92 Å². The van der Waals surface area contributed by atoms with E-state index >= 15 is 0 Å². The van der Waals surface area contributed by atoms with Crippen LogP contribution in [-0.2, 0) is 9.59 Å². The number of benzene rings is 1. The lowest BCUT2D eigenvalue weighted by Gasteiger charge is -2.07. The molecular formula is C12H15BrN2O3. The fraction of sp³-hybridized carbons (Fsp3) is 0.333. The fourth-order valence-electron chi connectivity index (χ4n) is 1.20. The summed E-state index contributed by atoms with van der Waals surface area (Å²) in [6.45, 7) is 2.19.